The first-order valence-electron chi connectivity index (χ1n) is 5.02. The molecule has 0 aliphatic carbocycles. The lowest BCUT2D eigenvalue weighted by Gasteiger charge is -2.02. The zero-order chi connectivity index (χ0) is 11.8. The van der Waals surface area contributed by atoms with E-state index >= 15 is 0 Å². The number of halogens is 1. The number of benzene rings is 1. The smallest absolute Gasteiger partial charge is 0.178 e. The average molecular weight is 266 g/mol. The Morgan fingerprint density at radius 2 is 2.29 bits per heavy atom. The number of hydrogen-bond acceptors (Lipinski definition) is 3. The molecule has 1 N–H and O–H groups in total. The number of hydrogen-bond donors (Lipinski definition) is 1. The fourth-order valence-corrected chi connectivity index (χ4v) is 2.35. The summed E-state index contributed by atoms with van der Waals surface area (Å²) in [7, 11) is 0. The molecule has 6 heteroatoms. The highest BCUT2D eigenvalue weighted by Gasteiger charge is 2.09. The number of imidazole rings is 1. The minimum Gasteiger partial charge on any atom is -0.364 e. The molecule has 0 atom stereocenters. The van der Waals surface area contributed by atoms with Gasteiger partial charge >= 0.3 is 0 Å². The van der Waals surface area contributed by atoms with Gasteiger partial charge in [-0.1, -0.05) is 22.8 Å². The second-order valence-electron chi connectivity index (χ2n) is 3.64. The van der Waals surface area contributed by atoms with Gasteiger partial charge in [-0.15, -0.1) is 0 Å². The van der Waals surface area contributed by atoms with Crippen LogP contribution in [0.1, 0.15) is 5.69 Å². The number of aromatic nitrogens is 3. The molecule has 0 radical (unpaired) electrons. The summed E-state index contributed by atoms with van der Waals surface area (Å²) in [6.45, 7) is 0.541. The van der Waals surface area contributed by atoms with E-state index in [1.165, 1.54) is 6.26 Å². The van der Waals surface area contributed by atoms with Gasteiger partial charge in [-0.25, -0.2) is 0 Å². The van der Waals surface area contributed by atoms with E-state index in [0.717, 1.165) is 16.7 Å². The third-order valence-corrected chi connectivity index (χ3v) is 3.18. The van der Waals surface area contributed by atoms with Crippen LogP contribution >= 0.6 is 23.8 Å². The first kappa shape index (κ1) is 10.6. The lowest BCUT2D eigenvalue weighted by molar-refractivity contribution is 0.410. The number of aromatic amines is 1. The Morgan fingerprint density at radius 1 is 1.41 bits per heavy atom. The van der Waals surface area contributed by atoms with E-state index in [1.807, 2.05) is 22.8 Å². The molecule has 2 aromatic heterocycles. The largest absolute Gasteiger partial charge is 0.364 e. The van der Waals surface area contributed by atoms with Crippen LogP contribution in [0.3, 0.4) is 0 Å². The van der Waals surface area contributed by atoms with Gasteiger partial charge in [-0.05, 0) is 24.4 Å². The number of nitrogens with zero attached hydrogens (tertiary/aromatic N) is 2. The highest BCUT2D eigenvalue weighted by Crippen LogP contribution is 2.23. The maximum absolute atomic E-state index is 6.18. The summed E-state index contributed by atoms with van der Waals surface area (Å²) < 4.78 is 7.33. The summed E-state index contributed by atoms with van der Waals surface area (Å²) in [6, 6.07) is 7.47. The number of fused-ring (bicyclic) bond motifs is 1. The Balaban J connectivity index is 2.21. The molecule has 0 spiro atoms. The quantitative estimate of drug-likeness (QED) is 0.723. The summed E-state index contributed by atoms with van der Waals surface area (Å²) in [5.74, 6) is 0. The minimum absolute atomic E-state index is 0.541. The highest BCUT2D eigenvalue weighted by molar-refractivity contribution is 7.71. The average Bonchev–Trinajstić information content (AvgIpc) is 2.89. The van der Waals surface area contributed by atoms with Crippen molar-refractivity contribution < 1.29 is 4.52 Å². The van der Waals surface area contributed by atoms with Crippen molar-refractivity contribution in [2.75, 3.05) is 0 Å². The molecule has 0 saturated heterocycles. The number of nitrogens with one attached hydrogen (secondary N) is 1. The van der Waals surface area contributed by atoms with Crippen molar-refractivity contribution in [2.24, 2.45) is 0 Å². The Hall–Kier alpha value is -1.59. The van der Waals surface area contributed by atoms with E-state index in [2.05, 4.69) is 10.1 Å². The van der Waals surface area contributed by atoms with Crippen LogP contribution < -0.4 is 0 Å². The second-order valence-corrected chi connectivity index (χ2v) is 4.44. The van der Waals surface area contributed by atoms with Gasteiger partial charge in [-0.2, -0.15) is 0 Å². The Morgan fingerprint density at radius 3 is 3.06 bits per heavy atom. The molecule has 1 aromatic carbocycles. The van der Waals surface area contributed by atoms with Crippen LogP contribution in [0.2, 0.25) is 5.02 Å². The van der Waals surface area contributed by atoms with E-state index < -0.39 is 0 Å². The summed E-state index contributed by atoms with van der Waals surface area (Å²) in [5.41, 5.74) is 2.62. The second kappa shape index (κ2) is 4.01. The van der Waals surface area contributed by atoms with E-state index in [0.29, 0.717) is 16.3 Å². The van der Waals surface area contributed by atoms with Crippen LogP contribution in [0.15, 0.2) is 35.1 Å². The molecule has 0 amide bonds. The van der Waals surface area contributed by atoms with Crippen molar-refractivity contribution in [3.63, 3.8) is 0 Å². The topological polar surface area (TPSA) is 46.8 Å². The van der Waals surface area contributed by atoms with Crippen molar-refractivity contribution in [1.82, 2.24) is 14.7 Å². The van der Waals surface area contributed by atoms with Gasteiger partial charge in [0, 0.05) is 6.07 Å². The molecule has 4 nitrogen and oxygen atoms in total. The lowest BCUT2D eigenvalue weighted by atomic mass is 10.3. The van der Waals surface area contributed by atoms with Crippen LogP contribution in [-0.4, -0.2) is 14.7 Å². The van der Waals surface area contributed by atoms with Crippen LogP contribution in [0.25, 0.3) is 11.0 Å². The van der Waals surface area contributed by atoms with Gasteiger partial charge in [0.2, 0.25) is 0 Å². The molecular formula is C11H8ClN3OS. The van der Waals surface area contributed by atoms with Crippen molar-refractivity contribution in [3.05, 3.63) is 46.0 Å². The first-order chi connectivity index (χ1) is 8.25. The van der Waals surface area contributed by atoms with E-state index in [1.54, 1.807) is 6.07 Å². The Bertz CT molecular complexity index is 714. The fraction of sp³-hybridized carbons (Fsp3) is 0.0909. The van der Waals surface area contributed by atoms with Crippen LogP contribution in [-0.2, 0) is 6.54 Å². The molecule has 0 aliphatic rings. The van der Waals surface area contributed by atoms with Gasteiger partial charge < -0.3 is 14.1 Å². The maximum Gasteiger partial charge on any atom is 0.178 e. The standard InChI is InChI=1S/C11H8ClN3OS/c12-8-2-1-3-9-10(8)15(11(17)13-9)6-7-4-5-16-14-7/h1-5H,6H2,(H,13,17). The minimum atomic E-state index is 0.541. The zero-order valence-corrected chi connectivity index (χ0v) is 10.3. The number of H-pyrrole nitrogens is 1. The molecule has 3 rings (SSSR count). The molecule has 0 unspecified atom stereocenters. The zero-order valence-electron chi connectivity index (χ0n) is 8.68. The predicted molar refractivity (Wildman–Crippen MR) is 67.7 cm³/mol. The summed E-state index contributed by atoms with van der Waals surface area (Å²) in [6.07, 6.45) is 1.54. The molecular weight excluding hydrogens is 258 g/mol. The Labute approximate surface area is 107 Å². The molecule has 0 saturated carbocycles. The van der Waals surface area contributed by atoms with E-state index in [-0.39, 0.29) is 0 Å². The van der Waals surface area contributed by atoms with Crippen molar-refractivity contribution >= 4 is 34.9 Å². The summed E-state index contributed by atoms with van der Waals surface area (Å²) in [4.78, 5) is 3.12. The molecule has 0 aliphatic heterocycles. The molecule has 0 bridgehead atoms. The Kier molecular flexibility index (Phi) is 2.49. The predicted octanol–water partition coefficient (Wildman–Crippen LogP) is 3.39. The highest BCUT2D eigenvalue weighted by atomic mass is 35.5. The third-order valence-electron chi connectivity index (χ3n) is 2.55. The molecule has 3 aromatic rings. The van der Waals surface area contributed by atoms with Crippen LogP contribution in [0.5, 0.6) is 0 Å². The summed E-state index contributed by atoms with van der Waals surface area (Å²) in [5, 5.41) is 4.53. The van der Waals surface area contributed by atoms with Gasteiger partial charge in [0.1, 0.15) is 12.0 Å². The molecule has 86 valence electrons. The molecule has 0 fully saturated rings. The monoisotopic (exact) mass is 265 g/mol. The fourth-order valence-electron chi connectivity index (χ4n) is 1.81. The lowest BCUT2D eigenvalue weighted by Crippen LogP contribution is -2.00. The maximum atomic E-state index is 6.18. The third kappa shape index (κ3) is 1.77. The normalized spacial score (nSPS) is 11.1. The van der Waals surface area contributed by atoms with Crippen molar-refractivity contribution in [1.29, 1.82) is 0 Å². The molecule has 17 heavy (non-hydrogen) atoms. The summed E-state index contributed by atoms with van der Waals surface area (Å²) >= 11 is 11.5. The van der Waals surface area contributed by atoms with Crippen molar-refractivity contribution in [3.8, 4) is 0 Å². The van der Waals surface area contributed by atoms with Crippen LogP contribution in [0.4, 0.5) is 0 Å². The van der Waals surface area contributed by atoms with Crippen molar-refractivity contribution in [2.45, 2.75) is 6.54 Å². The van der Waals surface area contributed by atoms with E-state index in [9.17, 15) is 0 Å². The first-order valence-corrected chi connectivity index (χ1v) is 5.80. The van der Waals surface area contributed by atoms with Crippen LogP contribution in [0, 0.1) is 4.77 Å². The van der Waals surface area contributed by atoms with Gasteiger partial charge in [0.15, 0.2) is 4.77 Å². The van der Waals surface area contributed by atoms with Gasteiger partial charge in [0.25, 0.3) is 0 Å². The van der Waals surface area contributed by atoms with Gasteiger partial charge in [0.05, 0.1) is 22.6 Å². The number of para-hydroxylation sites is 1. The SMILES string of the molecule is S=c1[nH]c2cccc(Cl)c2n1Cc1ccon1. The number of rotatable bonds is 2. The molecule has 2 heterocycles. The van der Waals surface area contributed by atoms with E-state index in [4.69, 9.17) is 28.3 Å². The van der Waals surface area contributed by atoms with Gasteiger partial charge in [-0.3, -0.25) is 0 Å².